The van der Waals surface area contributed by atoms with Crippen LogP contribution in [0, 0.1) is 5.82 Å². The lowest BCUT2D eigenvalue weighted by atomic mass is 9.90. The summed E-state index contributed by atoms with van der Waals surface area (Å²) < 4.78 is 20.8. The second-order valence-corrected chi connectivity index (χ2v) is 9.11. The van der Waals surface area contributed by atoms with E-state index in [4.69, 9.17) is 4.74 Å². The number of morpholine rings is 1. The maximum atomic E-state index is 13.5. The van der Waals surface area contributed by atoms with Crippen molar-refractivity contribution in [2.45, 2.75) is 43.0 Å². The van der Waals surface area contributed by atoms with E-state index in [0.717, 1.165) is 25.7 Å². The van der Waals surface area contributed by atoms with E-state index in [-0.39, 0.29) is 35.2 Å². The lowest BCUT2D eigenvalue weighted by molar-refractivity contribution is -0.146. The summed E-state index contributed by atoms with van der Waals surface area (Å²) in [5.74, 6) is -0.174. The van der Waals surface area contributed by atoms with Gasteiger partial charge in [0.2, 0.25) is 5.91 Å². The van der Waals surface area contributed by atoms with Gasteiger partial charge in [0, 0.05) is 6.54 Å². The third-order valence-corrected chi connectivity index (χ3v) is 7.13. The third kappa shape index (κ3) is 4.04. The van der Waals surface area contributed by atoms with Crippen LogP contribution in [0.3, 0.4) is 0 Å². The lowest BCUT2D eigenvalue weighted by Crippen LogP contribution is -2.55. The molecule has 1 aliphatic heterocycles. The SMILES string of the molecule is O=C(CSc1nc2ccccc2c(=O)n1-c1ccc(F)cc1)N1CCOC2CCCCC21. The van der Waals surface area contributed by atoms with Gasteiger partial charge in [-0.2, -0.15) is 0 Å². The van der Waals surface area contributed by atoms with Gasteiger partial charge in [-0.25, -0.2) is 9.37 Å². The zero-order chi connectivity index (χ0) is 22.1. The fraction of sp³-hybridized carbons (Fsp3) is 0.375. The molecule has 2 heterocycles. The predicted octanol–water partition coefficient (Wildman–Crippen LogP) is 3.79. The Morgan fingerprint density at radius 2 is 1.91 bits per heavy atom. The topological polar surface area (TPSA) is 64.4 Å². The molecule has 2 unspecified atom stereocenters. The molecule has 1 amide bonds. The number of carbonyl (C=O) groups excluding carboxylic acids is 1. The highest BCUT2D eigenvalue weighted by atomic mass is 32.2. The summed E-state index contributed by atoms with van der Waals surface area (Å²) in [5.41, 5.74) is 0.851. The Balaban J connectivity index is 1.45. The van der Waals surface area contributed by atoms with Crippen molar-refractivity contribution < 1.29 is 13.9 Å². The second-order valence-electron chi connectivity index (χ2n) is 8.17. The van der Waals surface area contributed by atoms with Crippen molar-refractivity contribution in [2.24, 2.45) is 0 Å². The van der Waals surface area contributed by atoms with Gasteiger partial charge in [-0.05, 0) is 49.2 Å². The van der Waals surface area contributed by atoms with Crippen molar-refractivity contribution >= 4 is 28.6 Å². The number of halogens is 1. The lowest BCUT2D eigenvalue weighted by Gasteiger charge is -2.43. The maximum absolute atomic E-state index is 13.5. The van der Waals surface area contributed by atoms with Gasteiger partial charge in [0.25, 0.3) is 5.56 Å². The van der Waals surface area contributed by atoms with Crippen molar-refractivity contribution in [2.75, 3.05) is 18.9 Å². The monoisotopic (exact) mass is 453 g/mol. The van der Waals surface area contributed by atoms with Gasteiger partial charge >= 0.3 is 0 Å². The molecule has 1 saturated carbocycles. The Morgan fingerprint density at radius 1 is 1.12 bits per heavy atom. The molecule has 8 heteroatoms. The first-order valence-electron chi connectivity index (χ1n) is 10.9. The molecule has 1 aromatic heterocycles. The molecule has 0 bridgehead atoms. The zero-order valence-electron chi connectivity index (χ0n) is 17.6. The highest BCUT2D eigenvalue weighted by Crippen LogP contribution is 2.30. The molecule has 2 aromatic carbocycles. The summed E-state index contributed by atoms with van der Waals surface area (Å²) >= 11 is 1.24. The highest BCUT2D eigenvalue weighted by molar-refractivity contribution is 7.99. The highest BCUT2D eigenvalue weighted by Gasteiger charge is 2.36. The number of amides is 1. The van der Waals surface area contributed by atoms with E-state index in [0.29, 0.717) is 34.9 Å². The van der Waals surface area contributed by atoms with E-state index in [1.165, 1.54) is 28.5 Å². The van der Waals surface area contributed by atoms with Crippen LogP contribution < -0.4 is 5.56 Å². The minimum Gasteiger partial charge on any atom is -0.374 e. The molecule has 166 valence electrons. The molecule has 2 aliphatic rings. The number of benzene rings is 2. The van der Waals surface area contributed by atoms with Crippen molar-refractivity contribution in [1.82, 2.24) is 14.5 Å². The van der Waals surface area contributed by atoms with Gasteiger partial charge in [0.15, 0.2) is 5.16 Å². The number of nitrogens with zero attached hydrogens (tertiary/aromatic N) is 3. The van der Waals surface area contributed by atoms with Crippen LogP contribution in [0.1, 0.15) is 25.7 Å². The van der Waals surface area contributed by atoms with E-state index >= 15 is 0 Å². The van der Waals surface area contributed by atoms with Gasteiger partial charge in [-0.3, -0.25) is 14.2 Å². The van der Waals surface area contributed by atoms with E-state index in [9.17, 15) is 14.0 Å². The summed E-state index contributed by atoms with van der Waals surface area (Å²) in [6.07, 6.45) is 4.34. The summed E-state index contributed by atoms with van der Waals surface area (Å²) in [4.78, 5) is 33.0. The fourth-order valence-corrected chi connectivity index (χ4v) is 5.54. The number of aromatic nitrogens is 2. The summed E-state index contributed by atoms with van der Waals surface area (Å²) in [5, 5.41) is 0.896. The van der Waals surface area contributed by atoms with Crippen LogP contribution in [-0.4, -0.2) is 51.4 Å². The molecule has 1 aliphatic carbocycles. The smallest absolute Gasteiger partial charge is 0.266 e. The fourth-order valence-electron chi connectivity index (χ4n) is 4.64. The van der Waals surface area contributed by atoms with Gasteiger partial charge in [0.05, 0.1) is 41.1 Å². The Morgan fingerprint density at radius 3 is 2.75 bits per heavy atom. The minimum atomic E-state index is -0.380. The predicted molar refractivity (Wildman–Crippen MR) is 122 cm³/mol. The zero-order valence-corrected chi connectivity index (χ0v) is 18.4. The second kappa shape index (κ2) is 9.03. The molecular weight excluding hydrogens is 429 g/mol. The summed E-state index contributed by atoms with van der Waals surface area (Å²) in [6.45, 7) is 1.16. The molecule has 32 heavy (non-hydrogen) atoms. The Labute approximate surface area is 189 Å². The van der Waals surface area contributed by atoms with Crippen LogP contribution in [0.25, 0.3) is 16.6 Å². The third-order valence-electron chi connectivity index (χ3n) is 6.21. The Hall–Kier alpha value is -2.71. The number of hydrogen-bond acceptors (Lipinski definition) is 5. The van der Waals surface area contributed by atoms with Crippen LogP contribution in [0.4, 0.5) is 4.39 Å². The molecule has 0 radical (unpaired) electrons. The molecule has 2 fully saturated rings. The quantitative estimate of drug-likeness (QED) is 0.444. The number of thioether (sulfide) groups is 1. The Bertz CT molecular complexity index is 1200. The molecule has 6 nitrogen and oxygen atoms in total. The number of ether oxygens (including phenoxy) is 1. The first-order valence-corrected chi connectivity index (χ1v) is 11.9. The molecule has 1 saturated heterocycles. The van der Waals surface area contributed by atoms with Gasteiger partial charge in [-0.1, -0.05) is 36.7 Å². The number of rotatable bonds is 4. The largest absolute Gasteiger partial charge is 0.374 e. The average molecular weight is 454 g/mol. The van der Waals surface area contributed by atoms with Crippen molar-refractivity contribution in [3.05, 3.63) is 64.7 Å². The van der Waals surface area contributed by atoms with E-state index in [1.54, 1.807) is 30.3 Å². The summed E-state index contributed by atoms with van der Waals surface area (Å²) in [6, 6.07) is 13.0. The van der Waals surface area contributed by atoms with Crippen molar-refractivity contribution in [3.63, 3.8) is 0 Å². The molecule has 2 atom stereocenters. The first-order chi connectivity index (χ1) is 15.6. The van der Waals surface area contributed by atoms with Gasteiger partial charge in [0.1, 0.15) is 5.82 Å². The number of para-hydroxylation sites is 1. The molecule has 5 rings (SSSR count). The molecular formula is C24H24FN3O3S. The number of hydrogen-bond donors (Lipinski definition) is 0. The molecule has 0 spiro atoms. The summed E-state index contributed by atoms with van der Waals surface area (Å²) in [7, 11) is 0. The normalized spacial score (nSPS) is 20.8. The van der Waals surface area contributed by atoms with Crippen LogP contribution in [0.5, 0.6) is 0 Å². The van der Waals surface area contributed by atoms with Crippen LogP contribution in [-0.2, 0) is 9.53 Å². The Kier molecular flexibility index (Phi) is 5.97. The molecule has 0 N–H and O–H groups in total. The first kappa shape index (κ1) is 21.2. The number of carbonyl (C=O) groups is 1. The average Bonchev–Trinajstić information content (AvgIpc) is 2.83. The van der Waals surface area contributed by atoms with Crippen LogP contribution >= 0.6 is 11.8 Å². The standard InChI is InChI=1S/C24H24FN3O3S/c25-16-9-11-17(12-10-16)28-23(30)18-5-1-2-6-19(18)26-24(28)32-15-22(29)27-13-14-31-21-8-4-3-7-20(21)27/h1-2,5-6,9-12,20-21H,3-4,7-8,13-15H2. The van der Waals surface area contributed by atoms with E-state index in [1.807, 2.05) is 11.0 Å². The van der Waals surface area contributed by atoms with Crippen LogP contribution in [0.15, 0.2) is 58.5 Å². The van der Waals surface area contributed by atoms with Crippen molar-refractivity contribution in [1.29, 1.82) is 0 Å². The van der Waals surface area contributed by atoms with Gasteiger partial charge in [-0.15, -0.1) is 0 Å². The van der Waals surface area contributed by atoms with Crippen LogP contribution in [0.2, 0.25) is 0 Å². The molecule has 3 aromatic rings. The van der Waals surface area contributed by atoms with E-state index in [2.05, 4.69) is 4.98 Å². The maximum Gasteiger partial charge on any atom is 0.266 e. The minimum absolute atomic E-state index is 0.0308. The van der Waals surface area contributed by atoms with Crippen molar-refractivity contribution in [3.8, 4) is 5.69 Å². The van der Waals surface area contributed by atoms with Gasteiger partial charge < -0.3 is 9.64 Å². The number of fused-ring (bicyclic) bond motifs is 2. The van der Waals surface area contributed by atoms with E-state index < -0.39 is 0 Å².